The Morgan fingerprint density at radius 2 is 1.68 bits per heavy atom. The van der Waals surface area contributed by atoms with Crippen LogP contribution in [-0.4, -0.2) is 32.5 Å². The molecule has 172 valence electrons. The van der Waals surface area contributed by atoms with Crippen LogP contribution >= 0.6 is 0 Å². The van der Waals surface area contributed by atoms with E-state index in [-0.39, 0.29) is 38.8 Å². The predicted molar refractivity (Wildman–Crippen MR) is 123 cm³/mol. The van der Waals surface area contributed by atoms with Gasteiger partial charge in [0.15, 0.2) is 11.5 Å². The van der Waals surface area contributed by atoms with Gasteiger partial charge in [-0.1, -0.05) is 30.3 Å². The number of methoxy groups -OCH3 is 1. The summed E-state index contributed by atoms with van der Waals surface area (Å²) in [4.78, 5) is 23.5. The van der Waals surface area contributed by atoms with Gasteiger partial charge in [0.05, 0.1) is 12.7 Å². The fraction of sp³-hybridized carbons (Fsp3) is 0.0417. The average Bonchev–Trinajstić information content (AvgIpc) is 2.84. The first kappa shape index (κ1) is 24.0. The third-order valence-electron chi connectivity index (χ3n) is 4.51. The number of amides is 1. The molecule has 0 atom stereocenters. The van der Waals surface area contributed by atoms with Crippen molar-refractivity contribution in [2.24, 2.45) is 0 Å². The van der Waals surface area contributed by atoms with Crippen molar-refractivity contribution in [2.45, 2.75) is 4.90 Å². The number of benzene rings is 3. The van der Waals surface area contributed by atoms with Crippen LogP contribution in [0.1, 0.15) is 15.9 Å². The zero-order valence-corrected chi connectivity index (χ0v) is 18.6. The molecule has 3 rings (SSSR count). The number of carboxylic acid groups (broad SMARTS) is 1. The summed E-state index contributed by atoms with van der Waals surface area (Å²) in [5, 5.41) is 21.0. The van der Waals surface area contributed by atoms with Crippen LogP contribution in [0, 0.1) is 11.3 Å². The summed E-state index contributed by atoms with van der Waals surface area (Å²) in [6.45, 7) is 0. The summed E-state index contributed by atoms with van der Waals surface area (Å²) in [6, 6.07) is 19.1. The molecule has 2 N–H and O–H groups in total. The SMILES string of the molecule is COc1cccc(/C=C(\C#N)C(=O)Nc2ccc(C(=O)O)cc2)c1OS(=O)(=O)c1ccccc1. The van der Waals surface area contributed by atoms with Crippen LogP contribution < -0.4 is 14.2 Å². The van der Waals surface area contributed by atoms with Gasteiger partial charge < -0.3 is 19.3 Å². The van der Waals surface area contributed by atoms with Crippen molar-refractivity contribution >= 4 is 33.8 Å². The first-order valence-electron chi connectivity index (χ1n) is 9.68. The molecule has 0 unspecified atom stereocenters. The molecule has 0 aliphatic rings. The van der Waals surface area contributed by atoms with Crippen molar-refractivity contribution in [3.63, 3.8) is 0 Å². The minimum Gasteiger partial charge on any atom is -0.493 e. The standard InChI is InChI=1S/C24H18N2O7S/c1-32-21-9-5-6-17(22(21)33-34(30,31)20-7-3-2-4-8-20)14-18(15-25)23(27)26-19-12-10-16(11-13-19)24(28)29/h2-14H,1H3,(H,26,27)(H,28,29)/b18-14+. The second kappa shape index (κ2) is 10.3. The van der Waals surface area contributed by atoms with Crippen molar-refractivity contribution in [2.75, 3.05) is 12.4 Å². The van der Waals surface area contributed by atoms with Gasteiger partial charge >= 0.3 is 16.1 Å². The first-order chi connectivity index (χ1) is 16.2. The van der Waals surface area contributed by atoms with E-state index < -0.39 is 22.0 Å². The smallest absolute Gasteiger partial charge is 0.339 e. The number of carbonyl (C=O) groups excluding carboxylic acids is 1. The number of carbonyl (C=O) groups is 2. The van der Waals surface area contributed by atoms with Crippen molar-refractivity contribution in [3.8, 4) is 17.6 Å². The summed E-state index contributed by atoms with van der Waals surface area (Å²) in [6.07, 6.45) is 1.17. The molecule has 0 aliphatic heterocycles. The van der Waals surface area contributed by atoms with Gasteiger partial charge in [-0.3, -0.25) is 4.79 Å². The number of nitrogens with zero attached hydrogens (tertiary/aromatic N) is 1. The number of aromatic carboxylic acids is 1. The summed E-state index contributed by atoms with van der Waals surface area (Å²) in [5.74, 6) is -2.02. The third-order valence-corrected chi connectivity index (χ3v) is 5.74. The summed E-state index contributed by atoms with van der Waals surface area (Å²) >= 11 is 0. The maximum Gasteiger partial charge on any atom is 0.339 e. The molecule has 0 spiro atoms. The fourth-order valence-electron chi connectivity index (χ4n) is 2.84. The highest BCUT2D eigenvalue weighted by molar-refractivity contribution is 7.87. The Bertz CT molecular complexity index is 1390. The highest BCUT2D eigenvalue weighted by Crippen LogP contribution is 2.35. The van der Waals surface area contributed by atoms with Crippen molar-refractivity contribution in [3.05, 3.63) is 89.5 Å². The van der Waals surface area contributed by atoms with Crippen LogP contribution in [0.25, 0.3) is 6.08 Å². The summed E-state index contributed by atoms with van der Waals surface area (Å²) < 4.78 is 36.0. The van der Waals surface area contributed by atoms with Gasteiger partial charge in [-0.25, -0.2) is 4.79 Å². The van der Waals surface area contributed by atoms with Gasteiger partial charge in [0, 0.05) is 11.3 Å². The van der Waals surface area contributed by atoms with Crippen LogP contribution in [0.2, 0.25) is 0 Å². The predicted octanol–water partition coefficient (Wildman–Crippen LogP) is 3.71. The lowest BCUT2D eigenvalue weighted by Gasteiger charge is -2.13. The number of anilines is 1. The fourth-order valence-corrected chi connectivity index (χ4v) is 3.82. The molecule has 1 amide bonds. The Hall–Kier alpha value is -4.62. The molecule has 10 heteroatoms. The molecule has 34 heavy (non-hydrogen) atoms. The lowest BCUT2D eigenvalue weighted by atomic mass is 10.1. The van der Waals surface area contributed by atoms with E-state index in [0.717, 1.165) is 0 Å². The van der Waals surface area contributed by atoms with E-state index in [1.54, 1.807) is 30.3 Å². The van der Waals surface area contributed by atoms with E-state index in [2.05, 4.69) is 5.32 Å². The number of hydrogen-bond donors (Lipinski definition) is 2. The van der Waals surface area contributed by atoms with Crippen molar-refractivity contribution in [1.82, 2.24) is 0 Å². The molecule has 9 nitrogen and oxygen atoms in total. The van der Waals surface area contributed by atoms with Gasteiger partial charge in [-0.2, -0.15) is 13.7 Å². The average molecular weight is 478 g/mol. The van der Waals surface area contributed by atoms with Crippen LogP contribution in [0.5, 0.6) is 11.5 Å². The molecule has 0 heterocycles. The third kappa shape index (κ3) is 5.59. The summed E-state index contributed by atoms with van der Waals surface area (Å²) in [7, 11) is -2.91. The number of rotatable bonds is 8. The van der Waals surface area contributed by atoms with E-state index in [0.29, 0.717) is 0 Å². The number of carboxylic acids is 1. The largest absolute Gasteiger partial charge is 0.493 e. The van der Waals surface area contributed by atoms with E-state index in [1.807, 2.05) is 0 Å². The maximum atomic E-state index is 12.7. The number of hydrogen-bond acceptors (Lipinski definition) is 7. The lowest BCUT2D eigenvalue weighted by molar-refractivity contribution is -0.112. The van der Waals surface area contributed by atoms with E-state index in [4.69, 9.17) is 14.0 Å². The van der Waals surface area contributed by atoms with Crippen LogP contribution in [0.4, 0.5) is 5.69 Å². The molecule has 0 aliphatic carbocycles. The molecule has 0 bridgehead atoms. The van der Waals surface area contributed by atoms with Crippen molar-refractivity contribution in [1.29, 1.82) is 5.26 Å². The Balaban J connectivity index is 1.95. The van der Waals surface area contributed by atoms with E-state index in [1.165, 1.54) is 61.7 Å². The number of para-hydroxylation sites is 1. The van der Waals surface area contributed by atoms with Gasteiger partial charge in [-0.15, -0.1) is 0 Å². The van der Waals surface area contributed by atoms with Gasteiger partial charge in [-0.05, 0) is 48.5 Å². The Morgan fingerprint density at radius 1 is 1.00 bits per heavy atom. The van der Waals surface area contributed by atoms with E-state index in [9.17, 15) is 23.3 Å². The molecule has 0 radical (unpaired) electrons. The Labute approximate surface area is 195 Å². The number of nitriles is 1. The highest BCUT2D eigenvalue weighted by atomic mass is 32.2. The second-order valence-corrected chi connectivity index (χ2v) is 8.28. The minimum atomic E-state index is -4.23. The Morgan fingerprint density at radius 3 is 2.26 bits per heavy atom. The molecule has 3 aromatic rings. The molecule has 0 saturated carbocycles. The second-order valence-electron chi connectivity index (χ2n) is 6.74. The van der Waals surface area contributed by atoms with Gasteiger partial charge in [0.1, 0.15) is 16.5 Å². The zero-order chi connectivity index (χ0) is 24.7. The monoisotopic (exact) mass is 478 g/mol. The van der Waals surface area contributed by atoms with E-state index >= 15 is 0 Å². The molecule has 3 aromatic carbocycles. The maximum absolute atomic E-state index is 12.7. The minimum absolute atomic E-state index is 0.0341. The normalized spacial score (nSPS) is 11.2. The highest BCUT2D eigenvalue weighted by Gasteiger charge is 2.22. The van der Waals surface area contributed by atoms with Crippen molar-refractivity contribution < 1.29 is 32.0 Å². The molecule has 0 fully saturated rings. The molecule has 0 aromatic heterocycles. The number of ether oxygens (including phenoxy) is 1. The zero-order valence-electron chi connectivity index (χ0n) is 17.8. The Kier molecular flexibility index (Phi) is 7.30. The quantitative estimate of drug-likeness (QED) is 0.283. The van der Waals surface area contributed by atoms with Gasteiger partial charge in [0.25, 0.3) is 5.91 Å². The first-order valence-corrected chi connectivity index (χ1v) is 11.1. The van der Waals surface area contributed by atoms with Crippen LogP contribution in [0.3, 0.4) is 0 Å². The summed E-state index contributed by atoms with van der Waals surface area (Å²) in [5.41, 5.74) is 0.0704. The number of nitrogens with one attached hydrogen (secondary N) is 1. The van der Waals surface area contributed by atoms with Gasteiger partial charge in [0.2, 0.25) is 0 Å². The molecular weight excluding hydrogens is 460 g/mol. The lowest BCUT2D eigenvalue weighted by Crippen LogP contribution is -2.14. The van der Waals surface area contributed by atoms with Crippen LogP contribution in [-0.2, 0) is 14.9 Å². The van der Waals surface area contributed by atoms with Crippen LogP contribution in [0.15, 0.2) is 83.3 Å². The molecular formula is C24H18N2O7S. The molecule has 0 saturated heterocycles. The topological polar surface area (TPSA) is 143 Å².